The van der Waals surface area contributed by atoms with Gasteiger partial charge < -0.3 is 14.8 Å². The Morgan fingerprint density at radius 1 is 1.32 bits per heavy atom. The van der Waals surface area contributed by atoms with Gasteiger partial charge in [-0.05, 0) is 42.0 Å². The lowest BCUT2D eigenvalue weighted by Crippen LogP contribution is -2.45. The highest BCUT2D eigenvalue weighted by Gasteiger charge is 2.34. The first-order valence-corrected chi connectivity index (χ1v) is 9.90. The number of benzene rings is 1. The van der Waals surface area contributed by atoms with E-state index in [0.29, 0.717) is 29.1 Å². The molecule has 1 aliphatic rings. The number of rotatable bonds is 5. The van der Waals surface area contributed by atoms with E-state index >= 15 is 0 Å². The molecule has 0 bridgehead atoms. The number of nitrogens with one attached hydrogen (secondary N) is 1. The largest absolute Gasteiger partial charge is 0.350 e. The van der Waals surface area contributed by atoms with Gasteiger partial charge in [0.05, 0.1) is 16.9 Å². The molecule has 144 valence electrons. The first kappa shape index (κ1) is 18.4. The fraction of sp³-hybridized carbons (Fsp3) is 0.250. The number of aromatic nitrogens is 2. The van der Waals surface area contributed by atoms with Crippen LogP contribution in [0, 0.1) is 5.82 Å². The molecule has 8 heteroatoms. The van der Waals surface area contributed by atoms with E-state index < -0.39 is 6.04 Å². The first-order valence-electron chi connectivity index (χ1n) is 9.02. The third kappa shape index (κ3) is 3.68. The number of carbonyl (C=O) groups excluding carboxylic acids is 2. The molecule has 0 aliphatic carbocycles. The highest BCUT2D eigenvalue weighted by atomic mass is 32.1. The summed E-state index contributed by atoms with van der Waals surface area (Å²) in [6, 6.07) is 7.93. The number of carbonyl (C=O) groups is 2. The van der Waals surface area contributed by atoms with Gasteiger partial charge in [-0.2, -0.15) is 0 Å². The number of hydrogen-bond acceptors (Lipinski definition) is 4. The smallest absolute Gasteiger partial charge is 0.264 e. The molecule has 0 unspecified atom stereocenters. The zero-order chi connectivity index (χ0) is 19.5. The minimum absolute atomic E-state index is 0.108. The van der Waals surface area contributed by atoms with Crippen LogP contribution in [0.3, 0.4) is 0 Å². The Hall–Kier alpha value is -3.00. The number of nitrogens with zero attached hydrogens (tertiary/aromatic N) is 3. The van der Waals surface area contributed by atoms with Gasteiger partial charge in [0.25, 0.3) is 5.91 Å². The van der Waals surface area contributed by atoms with Gasteiger partial charge in [-0.15, -0.1) is 11.3 Å². The third-order valence-electron chi connectivity index (χ3n) is 4.81. The molecule has 1 atom stereocenters. The van der Waals surface area contributed by atoms with Crippen LogP contribution in [0.1, 0.15) is 28.1 Å². The van der Waals surface area contributed by atoms with Crippen LogP contribution in [0.4, 0.5) is 4.39 Å². The van der Waals surface area contributed by atoms with Crippen LogP contribution in [-0.4, -0.2) is 38.9 Å². The van der Waals surface area contributed by atoms with Crippen molar-refractivity contribution < 1.29 is 14.0 Å². The van der Waals surface area contributed by atoms with Gasteiger partial charge >= 0.3 is 0 Å². The van der Waals surface area contributed by atoms with Gasteiger partial charge in [-0.3, -0.25) is 9.59 Å². The molecular formula is C20H19FN4O2S. The average molecular weight is 398 g/mol. The molecule has 2 amide bonds. The van der Waals surface area contributed by atoms with Crippen LogP contribution >= 0.6 is 11.3 Å². The van der Waals surface area contributed by atoms with Gasteiger partial charge in [0.2, 0.25) is 5.91 Å². The fourth-order valence-corrected chi connectivity index (χ4v) is 4.08. The van der Waals surface area contributed by atoms with Crippen molar-refractivity contribution in [3.63, 3.8) is 0 Å². The predicted molar refractivity (Wildman–Crippen MR) is 104 cm³/mol. The van der Waals surface area contributed by atoms with Gasteiger partial charge in [0.15, 0.2) is 0 Å². The first-order chi connectivity index (χ1) is 13.6. The summed E-state index contributed by atoms with van der Waals surface area (Å²) >= 11 is 1.37. The lowest BCUT2D eigenvalue weighted by atomic mass is 10.1. The molecule has 4 rings (SSSR count). The summed E-state index contributed by atoms with van der Waals surface area (Å²) in [6.45, 7) is 0.778. The molecule has 2 aromatic heterocycles. The molecule has 0 radical (unpaired) electrons. The van der Waals surface area contributed by atoms with E-state index in [1.165, 1.54) is 23.7 Å². The number of likely N-dealkylation sites (tertiary alicyclic amines) is 1. The summed E-state index contributed by atoms with van der Waals surface area (Å²) in [5.41, 5.74) is 1.06. The monoisotopic (exact) mass is 398 g/mol. The lowest BCUT2D eigenvalue weighted by molar-refractivity contribution is -0.125. The fourth-order valence-electron chi connectivity index (χ4n) is 3.40. The molecule has 3 aromatic rings. The summed E-state index contributed by atoms with van der Waals surface area (Å²) < 4.78 is 15.9. The average Bonchev–Trinajstić information content (AvgIpc) is 3.47. The van der Waals surface area contributed by atoms with E-state index in [0.717, 1.165) is 6.42 Å². The molecule has 0 saturated carbocycles. The van der Waals surface area contributed by atoms with Crippen molar-refractivity contribution in [1.82, 2.24) is 19.8 Å². The molecule has 1 fully saturated rings. The molecule has 28 heavy (non-hydrogen) atoms. The van der Waals surface area contributed by atoms with Gasteiger partial charge in [-0.1, -0.05) is 12.1 Å². The maximum atomic E-state index is 14.4. The maximum absolute atomic E-state index is 14.4. The number of halogens is 1. The SMILES string of the molecule is O=C(NCc1ccc(-n2ccnc2)c(F)c1)[C@@H]1CCCN1C(=O)c1cccs1. The van der Waals surface area contributed by atoms with Crippen molar-refractivity contribution in [3.05, 3.63) is 70.7 Å². The molecule has 1 aliphatic heterocycles. The maximum Gasteiger partial charge on any atom is 0.264 e. The number of hydrogen-bond donors (Lipinski definition) is 1. The molecule has 1 N–H and O–H groups in total. The second-order valence-corrected chi connectivity index (χ2v) is 7.56. The zero-order valence-electron chi connectivity index (χ0n) is 15.0. The second kappa shape index (κ2) is 7.93. The molecule has 6 nitrogen and oxygen atoms in total. The summed E-state index contributed by atoms with van der Waals surface area (Å²) in [5.74, 6) is -0.704. The van der Waals surface area contributed by atoms with Gasteiger partial charge in [-0.25, -0.2) is 9.37 Å². The van der Waals surface area contributed by atoms with Crippen molar-refractivity contribution in [1.29, 1.82) is 0 Å². The van der Waals surface area contributed by atoms with E-state index in [1.54, 1.807) is 40.1 Å². The zero-order valence-corrected chi connectivity index (χ0v) is 15.9. The lowest BCUT2D eigenvalue weighted by Gasteiger charge is -2.23. The highest BCUT2D eigenvalue weighted by molar-refractivity contribution is 7.12. The summed E-state index contributed by atoms with van der Waals surface area (Å²) in [5, 5.41) is 4.68. The van der Waals surface area contributed by atoms with Crippen LogP contribution < -0.4 is 5.32 Å². The molecule has 3 heterocycles. The van der Waals surface area contributed by atoms with E-state index in [1.807, 2.05) is 11.4 Å². The van der Waals surface area contributed by atoms with E-state index in [-0.39, 0.29) is 24.2 Å². The number of amides is 2. The van der Waals surface area contributed by atoms with Gasteiger partial charge in [0.1, 0.15) is 11.9 Å². The van der Waals surface area contributed by atoms with Crippen LogP contribution in [-0.2, 0) is 11.3 Å². The highest BCUT2D eigenvalue weighted by Crippen LogP contribution is 2.22. The van der Waals surface area contributed by atoms with Crippen molar-refractivity contribution in [2.24, 2.45) is 0 Å². The van der Waals surface area contributed by atoms with Crippen molar-refractivity contribution in [3.8, 4) is 5.69 Å². The summed E-state index contributed by atoms with van der Waals surface area (Å²) in [4.78, 5) is 31.4. The number of imidazole rings is 1. The minimum atomic E-state index is -0.482. The quantitative estimate of drug-likeness (QED) is 0.719. The molecule has 1 aromatic carbocycles. The normalized spacial score (nSPS) is 16.3. The Balaban J connectivity index is 1.40. The van der Waals surface area contributed by atoms with Gasteiger partial charge in [0, 0.05) is 25.5 Å². The van der Waals surface area contributed by atoms with E-state index in [9.17, 15) is 14.0 Å². The summed E-state index contributed by atoms with van der Waals surface area (Å²) in [7, 11) is 0. The standard InChI is InChI=1S/C20H19FN4O2S/c21-15-11-14(5-6-16(15)24-9-7-22-13-24)12-23-19(26)17-3-1-8-25(17)20(27)18-4-2-10-28-18/h2,4-7,9-11,13,17H,1,3,8,12H2,(H,23,26)/t17-/m0/s1. The van der Waals surface area contributed by atoms with Crippen molar-refractivity contribution in [2.45, 2.75) is 25.4 Å². The Labute approximate surface area is 165 Å². The second-order valence-electron chi connectivity index (χ2n) is 6.61. The van der Waals surface area contributed by atoms with Crippen LogP contribution in [0.5, 0.6) is 0 Å². The Morgan fingerprint density at radius 3 is 2.93 bits per heavy atom. The Kier molecular flexibility index (Phi) is 5.21. The van der Waals surface area contributed by atoms with Crippen molar-refractivity contribution >= 4 is 23.2 Å². The third-order valence-corrected chi connectivity index (χ3v) is 5.67. The van der Waals surface area contributed by atoms with Crippen molar-refractivity contribution in [2.75, 3.05) is 6.54 Å². The minimum Gasteiger partial charge on any atom is -0.350 e. The Morgan fingerprint density at radius 2 is 2.21 bits per heavy atom. The van der Waals surface area contributed by atoms with E-state index in [2.05, 4.69) is 10.3 Å². The summed E-state index contributed by atoms with van der Waals surface area (Å²) in [6.07, 6.45) is 6.21. The topological polar surface area (TPSA) is 67.2 Å². The molecule has 1 saturated heterocycles. The van der Waals surface area contributed by atoms with E-state index in [4.69, 9.17) is 0 Å². The predicted octanol–water partition coefficient (Wildman–Crippen LogP) is 2.99. The molecule has 0 spiro atoms. The van der Waals surface area contributed by atoms with Crippen LogP contribution in [0.2, 0.25) is 0 Å². The van der Waals surface area contributed by atoms with Crippen LogP contribution in [0.15, 0.2) is 54.4 Å². The Bertz CT molecular complexity index is 972. The number of thiophene rings is 1. The van der Waals surface area contributed by atoms with Crippen LogP contribution in [0.25, 0.3) is 5.69 Å². The molecular weight excluding hydrogens is 379 g/mol.